The highest BCUT2D eigenvalue weighted by Crippen LogP contribution is 2.51. The van der Waals surface area contributed by atoms with Gasteiger partial charge in [-0.25, -0.2) is 0 Å². The quantitative estimate of drug-likeness (QED) is 0.585. The zero-order chi connectivity index (χ0) is 21.6. The number of methoxy groups -OCH3 is 2. The number of rotatable bonds is 5. The molecule has 2 aromatic carbocycles. The number of benzene rings is 2. The van der Waals surface area contributed by atoms with E-state index in [1.54, 1.807) is 7.11 Å². The maximum atomic E-state index is 8.81. The minimum atomic E-state index is -0.315. The fourth-order valence-electron chi connectivity index (χ4n) is 5.70. The normalized spacial score (nSPS) is 28.9. The summed E-state index contributed by atoms with van der Waals surface area (Å²) in [5.74, 6) is 1.74. The molecule has 5 heteroatoms. The first-order valence-electron chi connectivity index (χ1n) is 11.2. The molecule has 5 nitrogen and oxygen atoms in total. The van der Waals surface area contributed by atoms with Crippen LogP contribution in [0, 0.1) is 24.2 Å². The molecule has 5 rings (SSSR count). The molecule has 31 heavy (non-hydrogen) atoms. The van der Waals surface area contributed by atoms with Crippen molar-refractivity contribution in [3.8, 4) is 0 Å². The smallest absolute Gasteiger partial charge is 0.139 e. The van der Waals surface area contributed by atoms with Crippen molar-refractivity contribution in [2.24, 2.45) is 11.8 Å². The first-order chi connectivity index (χ1) is 15.0. The second-order valence-corrected chi connectivity index (χ2v) is 9.52. The maximum Gasteiger partial charge on any atom is 0.139 e. The zero-order valence-corrected chi connectivity index (χ0v) is 18.7. The predicted molar refractivity (Wildman–Crippen MR) is 120 cm³/mol. The van der Waals surface area contributed by atoms with Gasteiger partial charge >= 0.3 is 0 Å². The van der Waals surface area contributed by atoms with E-state index in [4.69, 9.17) is 19.6 Å². The molecule has 2 heterocycles. The Morgan fingerprint density at radius 1 is 0.871 bits per heavy atom. The van der Waals surface area contributed by atoms with Gasteiger partial charge in [-0.3, -0.25) is 5.41 Å². The number of fused-ring (bicyclic) bond motifs is 1. The van der Waals surface area contributed by atoms with Gasteiger partial charge in [0, 0.05) is 32.9 Å². The van der Waals surface area contributed by atoms with Gasteiger partial charge in [-0.1, -0.05) is 54.1 Å². The molecule has 0 bridgehead atoms. The van der Waals surface area contributed by atoms with E-state index in [-0.39, 0.29) is 11.2 Å². The molecule has 2 aromatic rings. The van der Waals surface area contributed by atoms with Crippen LogP contribution in [0.1, 0.15) is 35.1 Å². The number of nitrogens with one attached hydrogen (secondary N) is 1. The van der Waals surface area contributed by atoms with E-state index in [1.165, 1.54) is 11.1 Å². The van der Waals surface area contributed by atoms with Crippen molar-refractivity contribution in [1.82, 2.24) is 4.90 Å². The highest BCUT2D eigenvalue weighted by atomic mass is 16.6. The topological polar surface area (TPSA) is 54.8 Å². The van der Waals surface area contributed by atoms with Crippen molar-refractivity contribution in [2.75, 3.05) is 40.5 Å². The fourth-order valence-corrected chi connectivity index (χ4v) is 5.70. The molecular formula is C26H32N2O3. The number of ether oxygens (including phenoxy) is 3. The molecule has 1 aliphatic carbocycles. The van der Waals surface area contributed by atoms with Gasteiger partial charge < -0.3 is 19.1 Å². The second kappa shape index (κ2) is 7.73. The highest BCUT2D eigenvalue weighted by molar-refractivity contribution is 5.96. The second-order valence-electron chi connectivity index (χ2n) is 9.52. The summed E-state index contributed by atoms with van der Waals surface area (Å²) in [5, 5.41) is 8.81. The van der Waals surface area contributed by atoms with Crippen molar-refractivity contribution in [2.45, 2.75) is 31.0 Å². The van der Waals surface area contributed by atoms with Crippen molar-refractivity contribution < 1.29 is 14.2 Å². The van der Waals surface area contributed by atoms with Crippen molar-refractivity contribution in [3.63, 3.8) is 0 Å². The number of hydrogen-bond donors (Lipinski definition) is 1. The first-order valence-corrected chi connectivity index (χ1v) is 11.2. The molecule has 3 fully saturated rings. The third-order valence-electron chi connectivity index (χ3n) is 7.79. The molecular weight excluding hydrogens is 388 g/mol. The van der Waals surface area contributed by atoms with Crippen LogP contribution in [-0.2, 0) is 25.4 Å². The molecule has 2 saturated heterocycles. The fraction of sp³-hybridized carbons (Fsp3) is 0.500. The van der Waals surface area contributed by atoms with Crippen LogP contribution in [0.3, 0.4) is 0 Å². The minimum Gasteiger partial charge on any atom is -0.375 e. The minimum absolute atomic E-state index is 0.182. The van der Waals surface area contributed by atoms with Crippen molar-refractivity contribution in [1.29, 1.82) is 5.41 Å². The third kappa shape index (κ3) is 3.39. The van der Waals surface area contributed by atoms with Crippen molar-refractivity contribution >= 4 is 5.84 Å². The Morgan fingerprint density at radius 2 is 1.39 bits per heavy atom. The average molecular weight is 421 g/mol. The van der Waals surface area contributed by atoms with Gasteiger partial charge in [0.15, 0.2) is 0 Å². The van der Waals surface area contributed by atoms with Crippen LogP contribution in [-0.4, -0.2) is 51.3 Å². The van der Waals surface area contributed by atoms with Crippen LogP contribution < -0.4 is 0 Å². The lowest BCUT2D eigenvalue weighted by molar-refractivity contribution is -0.202. The van der Waals surface area contributed by atoms with Gasteiger partial charge in [0.25, 0.3) is 0 Å². The van der Waals surface area contributed by atoms with Gasteiger partial charge in [0.2, 0.25) is 0 Å². The predicted octanol–water partition coefficient (Wildman–Crippen LogP) is 4.08. The zero-order valence-electron chi connectivity index (χ0n) is 18.7. The molecule has 2 aliphatic heterocycles. The van der Waals surface area contributed by atoms with E-state index in [2.05, 4.69) is 60.4 Å². The Bertz CT molecular complexity index is 930. The molecule has 2 atom stereocenters. The Labute approximate surface area is 184 Å². The molecule has 0 aromatic heterocycles. The van der Waals surface area contributed by atoms with Gasteiger partial charge in [0.05, 0.1) is 18.8 Å². The van der Waals surface area contributed by atoms with Crippen LogP contribution in [0.5, 0.6) is 0 Å². The number of likely N-dealkylation sites (tertiary alicyclic amines) is 1. The van der Waals surface area contributed by atoms with Gasteiger partial charge in [-0.05, 0) is 42.7 Å². The molecule has 0 spiro atoms. The summed E-state index contributed by atoms with van der Waals surface area (Å²) in [5.41, 5.74) is 4.16. The lowest BCUT2D eigenvalue weighted by Gasteiger charge is -2.40. The standard InChI is InChI=1S/C26H32N2O3/c1-18-4-8-22(9-5-18)25(29-2)12-20-14-28(15-21(20)13-25)24(27)19-6-10-23(11-7-19)26(30-3)16-31-17-26/h4-11,20-21,27H,12-17H2,1-3H3. The van der Waals surface area contributed by atoms with E-state index >= 15 is 0 Å². The van der Waals surface area contributed by atoms with Crippen LogP contribution >= 0.6 is 0 Å². The summed E-state index contributed by atoms with van der Waals surface area (Å²) in [6.07, 6.45) is 2.05. The first kappa shape index (κ1) is 20.7. The van der Waals surface area contributed by atoms with Gasteiger partial charge in [-0.2, -0.15) is 0 Å². The summed E-state index contributed by atoms with van der Waals surface area (Å²) in [4.78, 5) is 2.25. The molecule has 1 N–H and O–H groups in total. The summed E-state index contributed by atoms with van der Waals surface area (Å²) in [6.45, 7) is 5.17. The molecule has 3 aliphatic rings. The van der Waals surface area contributed by atoms with Crippen LogP contribution in [0.25, 0.3) is 0 Å². The SMILES string of the molecule is COC1(c2ccc(C(=N)N3CC4CC(OC)(c5ccc(C)cc5)CC4C3)cc2)COC1. The van der Waals surface area contributed by atoms with E-state index in [9.17, 15) is 0 Å². The molecule has 0 radical (unpaired) electrons. The largest absolute Gasteiger partial charge is 0.375 e. The van der Waals surface area contributed by atoms with Gasteiger partial charge in [-0.15, -0.1) is 0 Å². The number of hydrogen-bond acceptors (Lipinski definition) is 4. The lowest BCUT2D eigenvalue weighted by atomic mass is 9.89. The molecule has 1 saturated carbocycles. The summed E-state index contributed by atoms with van der Waals surface area (Å²) in [7, 11) is 3.58. The Hall–Kier alpha value is -2.21. The van der Waals surface area contributed by atoms with Crippen LogP contribution in [0.2, 0.25) is 0 Å². The highest BCUT2D eigenvalue weighted by Gasteiger charge is 2.50. The van der Waals surface area contributed by atoms with Crippen LogP contribution in [0.4, 0.5) is 0 Å². The summed E-state index contributed by atoms with van der Waals surface area (Å²) in [6, 6.07) is 17.1. The molecule has 0 amide bonds. The van der Waals surface area contributed by atoms with Crippen molar-refractivity contribution in [3.05, 3.63) is 70.8 Å². The third-order valence-corrected chi connectivity index (χ3v) is 7.79. The Balaban J connectivity index is 1.27. The van der Waals surface area contributed by atoms with E-state index in [0.717, 1.165) is 37.1 Å². The monoisotopic (exact) mass is 420 g/mol. The number of nitrogens with zero attached hydrogens (tertiary/aromatic N) is 1. The molecule has 2 unspecified atom stereocenters. The Morgan fingerprint density at radius 3 is 1.87 bits per heavy atom. The number of aryl methyl sites for hydroxylation is 1. The number of amidine groups is 1. The summed E-state index contributed by atoms with van der Waals surface area (Å²) >= 11 is 0. The lowest BCUT2D eigenvalue weighted by Crippen LogP contribution is -2.48. The molecule has 164 valence electrons. The maximum absolute atomic E-state index is 8.81. The van der Waals surface area contributed by atoms with E-state index in [1.807, 2.05) is 7.11 Å². The Kier molecular flexibility index (Phi) is 5.16. The van der Waals surface area contributed by atoms with E-state index in [0.29, 0.717) is 30.9 Å². The van der Waals surface area contributed by atoms with Crippen LogP contribution in [0.15, 0.2) is 48.5 Å². The summed E-state index contributed by atoms with van der Waals surface area (Å²) < 4.78 is 17.2. The van der Waals surface area contributed by atoms with E-state index < -0.39 is 0 Å². The average Bonchev–Trinajstić information content (AvgIpc) is 3.31. The van der Waals surface area contributed by atoms with Gasteiger partial charge in [0.1, 0.15) is 11.4 Å².